The lowest BCUT2D eigenvalue weighted by Crippen LogP contribution is -2.20. The molecule has 1 aromatic carbocycles. The van der Waals surface area contributed by atoms with Gasteiger partial charge in [-0.3, -0.25) is 0 Å². The molecule has 2 atom stereocenters. The maximum absolute atomic E-state index is 13.2. The zero-order valence-corrected chi connectivity index (χ0v) is 9.72. The van der Waals surface area contributed by atoms with Crippen LogP contribution in [0.4, 0.5) is 13.2 Å². The molecule has 0 radical (unpaired) electrons. The lowest BCUT2D eigenvalue weighted by Gasteiger charge is -2.17. The van der Waals surface area contributed by atoms with E-state index in [0.29, 0.717) is 17.5 Å². The van der Waals surface area contributed by atoms with Crippen LogP contribution in [-0.4, -0.2) is 21.6 Å². The van der Waals surface area contributed by atoms with E-state index in [-0.39, 0.29) is 6.42 Å². The van der Waals surface area contributed by atoms with Crippen LogP contribution in [-0.2, 0) is 0 Å². The van der Waals surface area contributed by atoms with Crippen molar-refractivity contribution in [3.63, 3.8) is 0 Å². The lowest BCUT2D eigenvalue weighted by atomic mass is 10.0. The summed E-state index contributed by atoms with van der Waals surface area (Å²) in [5, 5.41) is 19.3. The second kappa shape index (κ2) is 5.65. The zero-order chi connectivity index (χ0) is 12.3. The minimum Gasteiger partial charge on any atom is -0.390 e. The van der Waals surface area contributed by atoms with Gasteiger partial charge in [0.05, 0.1) is 6.10 Å². The van der Waals surface area contributed by atoms with Gasteiger partial charge in [-0.15, -0.1) is 0 Å². The Kier molecular flexibility index (Phi) is 4.76. The maximum Gasteiger partial charge on any atom is 0.161 e. The molecule has 16 heavy (non-hydrogen) atoms. The molecule has 6 heteroatoms. The molecule has 2 nitrogen and oxygen atoms in total. The second-order valence-electron chi connectivity index (χ2n) is 3.28. The number of hydrogen-bond donors (Lipinski definition) is 2. The largest absolute Gasteiger partial charge is 0.390 e. The van der Waals surface area contributed by atoms with E-state index in [0.717, 1.165) is 0 Å². The van der Waals surface area contributed by atoms with Crippen LogP contribution in [0.2, 0.25) is 0 Å². The maximum atomic E-state index is 13.2. The summed E-state index contributed by atoms with van der Waals surface area (Å²) in [5.41, 5.74) is -0.452. The molecule has 0 saturated carbocycles. The summed E-state index contributed by atoms with van der Waals surface area (Å²) >= 11 is 3.04. The molecule has 90 valence electrons. The van der Waals surface area contributed by atoms with E-state index >= 15 is 0 Å². The Morgan fingerprint density at radius 1 is 1.06 bits per heavy atom. The Balaban J connectivity index is 2.99. The van der Waals surface area contributed by atoms with E-state index in [1.807, 2.05) is 0 Å². The van der Waals surface area contributed by atoms with Crippen LogP contribution in [0, 0.1) is 17.5 Å². The van der Waals surface area contributed by atoms with E-state index in [4.69, 9.17) is 0 Å². The van der Waals surface area contributed by atoms with Gasteiger partial charge in [-0.05, 0) is 12.5 Å². The Labute approximate surface area is 98.8 Å². The number of rotatable bonds is 4. The number of aliphatic hydroxyl groups excluding tert-OH is 2. The monoisotopic (exact) mass is 298 g/mol. The molecule has 0 aliphatic heterocycles. The predicted octanol–water partition coefficient (Wildman–Crippen LogP) is 2.28. The van der Waals surface area contributed by atoms with Gasteiger partial charge in [0.15, 0.2) is 11.6 Å². The molecule has 0 saturated heterocycles. The van der Waals surface area contributed by atoms with Gasteiger partial charge in [0.2, 0.25) is 0 Å². The average Bonchev–Trinajstić information content (AvgIpc) is 2.23. The number of hydrogen-bond acceptors (Lipinski definition) is 2. The van der Waals surface area contributed by atoms with Gasteiger partial charge in [-0.1, -0.05) is 15.9 Å². The van der Waals surface area contributed by atoms with Gasteiger partial charge in [0.25, 0.3) is 0 Å². The van der Waals surface area contributed by atoms with Crippen LogP contribution < -0.4 is 0 Å². The number of halogens is 4. The Bertz CT molecular complexity index is 373. The molecule has 1 rings (SSSR count). The van der Waals surface area contributed by atoms with Gasteiger partial charge in [0, 0.05) is 17.0 Å². The zero-order valence-electron chi connectivity index (χ0n) is 8.13. The molecule has 0 amide bonds. The third-order valence-corrected chi connectivity index (χ3v) is 2.59. The second-order valence-corrected chi connectivity index (χ2v) is 4.07. The molecule has 2 N–H and O–H groups in total. The molecule has 0 heterocycles. The van der Waals surface area contributed by atoms with Crippen LogP contribution >= 0.6 is 15.9 Å². The molecule has 0 bridgehead atoms. The summed E-state index contributed by atoms with van der Waals surface area (Å²) in [6.45, 7) is 0. The first-order valence-electron chi connectivity index (χ1n) is 4.54. The average molecular weight is 299 g/mol. The highest BCUT2D eigenvalue weighted by atomic mass is 79.9. The highest BCUT2D eigenvalue weighted by Gasteiger charge is 2.22. The van der Waals surface area contributed by atoms with E-state index < -0.39 is 35.2 Å². The van der Waals surface area contributed by atoms with Crippen molar-refractivity contribution < 1.29 is 23.4 Å². The summed E-state index contributed by atoms with van der Waals surface area (Å²) < 4.78 is 38.6. The van der Waals surface area contributed by atoms with Crippen molar-refractivity contribution in [3.05, 3.63) is 35.1 Å². The first-order chi connectivity index (χ1) is 7.47. The van der Waals surface area contributed by atoms with Gasteiger partial charge in [0.1, 0.15) is 11.9 Å². The van der Waals surface area contributed by atoms with Crippen molar-refractivity contribution in [1.82, 2.24) is 0 Å². The molecule has 1 aromatic rings. The number of benzene rings is 1. The normalized spacial score (nSPS) is 14.9. The quantitative estimate of drug-likeness (QED) is 0.661. The topological polar surface area (TPSA) is 40.5 Å². The smallest absolute Gasteiger partial charge is 0.161 e. The van der Waals surface area contributed by atoms with Crippen molar-refractivity contribution in [2.24, 2.45) is 0 Å². The van der Waals surface area contributed by atoms with Crippen molar-refractivity contribution in [1.29, 1.82) is 0 Å². The third-order valence-electron chi connectivity index (χ3n) is 2.13. The molecule has 0 aliphatic carbocycles. The highest BCUT2D eigenvalue weighted by molar-refractivity contribution is 9.09. The molecular weight excluding hydrogens is 289 g/mol. The molecule has 2 unspecified atom stereocenters. The highest BCUT2D eigenvalue weighted by Crippen LogP contribution is 2.24. The van der Waals surface area contributed by atoms with Crippen LogP contribution in [0.5, 0.6) is 0 Å². The standard InChI is InChI=1S/C10H10BrF3O2/c11-2-1-9(15)10(16)5-3-7(13)8(14)4-6(5)12/h3-4,9-10,15-16H,1-2H2. The Morgan fingerprint density at radius 2 is 1.62 bits per heavy atom. The van der Waals surface area contributed by atoms with Gasteiger partial charge in [-0.25, -0.2) is 13.2 Å². The fourth-order valence-corrected chi connectivity index (χ4v) is 1.71. The lowest BCUT2D eigenvalue weighted by molar-refractivity contribution is 0.0150. The van der Waals surface area contributed by atoms with Crippen LogP contribution in [0.25, 0.3) is 0 Å². The van der Waals surface area contributed by atoms with E-state index in [1.165, 1.54) is 0 Å². The van der Waals surface area contributed by atoms with Crippen molar-refractivity contribution in [3.8, 4) is 0 Å². The minimum absolute atomic E-state index is 0.166. The first kappa shape index (κ1) is 13.5. The van der Waals surface area contributed by atoms with Crippen LogP contribution in [0.1, 0.15) is 18.1 Å². The van der Waals surface area contributed by atoms with E-state index in [2.05, 4.69) is 15.9 Å². The predicted molar refractivity (Wildman–Crippen MR) is 55.7 cm³/mol. The third kappa shape index (κ3) is 2.96. The van der Waals surface area contributed by atoms with Gasteiger partial charge < -0.3 is 10.2 Å². The SMILES string of the molecule is OC(CCBr)C(O)c1cc(F)c(F)cc1F. The van der Waals surface area contributed by atoms with Gasteiger partial charge in [-0.2, -0.15) is 0 Å². The van der Waals surface area contributed by atoms with Crippen molar-refractivity contribution >= 4 is 15.9 Å². The summed E-state index contributed by atoms with van der Waals surface area (Å²) in [6, 6.07) is 0.890. The summed E-state index contributed by atoms with van der Waals surface area (Å²) in [4.78, 5) is 0. The Hall–Kier alpha value is -0.590. The van der Waals surface area contributed by atoms with Crippen molar-refractivity contribution in [2.75, 3.05) is 5.33 Å². The molecule has 0 aliphatic rings. The summed E-state index contributed by atoms with van der Waals surface area (Å²) in [6.07, 6.45) is -2.65. The number of alkyl halides is 1. The van der Waals surface area contributed by atoms with Crippen molar-refractivity contribution in [2.45, 2.75) is 18.6 Å². The molecule has 0 fully saturated rings. The molecular formula is C10H10BrF3O2. The summed E-state index contributed by atoms with van der Waals surface area (Å²) in [7, 11) is 0. The first-order valence-corrected chi connectivity index (χ1v) is 5.66. The fourth-order valence-electron chi connectivity index (χ4n) is 1.24. The van der Waals surface area contributed by atoms with E-state index in [9.17, 15) is 23.4 Å². The fraction of sp³-hybridized carbons (Fsp3) is 0.400. The minimum atomic E-state index is -1.58. The molecule has 0 aromatic heterocycles. The number of aliphatic hydroxyl groups is 2. The van der Waals surface area contributed by atoms with E-state index in [1.54, 1.807) is 0 Å². The van der Waals surface area contributed by atoms with Crippen LogP contribution in [0.3, 0.4) is 0 Å². The molecule has 0 spiro atoms. The Morgan fingerprint density at radius 3 is 2.19 bits per heavy atom. The van der Waals surface area contributed by atoms with Gasteiger partial charge >= 0.3 is 0 Å². The van der Waals surface area contributed by atoms with Crippen LogP contribution in [0.15, 0.2) is 12.1 Å². The summed E-state index contributed by atoms with van der Waals surface area (Å²) in [5.74, 6) is -3.68.